The molecule has 7 rings (SSSR count). The third-order valence-corrected chi connectivity index (χ3v) is 11.3. The molecule has 5 heterocycles. The molecule has 10 nitrogen and oxygen atoms in total. The van der Waals surface area contributed by atoms with Crippen LogP contribution in [0.3, 0.4) is 0 Å². The van der Waals surface area contributed by atoms with Gasteiger partial charge < -0.3 is 34.3 Å². The zero-order chi connectivity index (χ0) is 28.1. The van der Waals surface area contributed by atoms with Crippen LogP contribution in [0.2, 0.25) is 0 Å². The molecule has 0 amide bonds. The van der Waals surface area contributed by atoms with Crippen LogP contribution in [-0.2, 0) is 33.3 Å². The molecule has 4 saturated heterocycles. The van der Waals surface area contributed by atoms with E-state index in [-0.39, 0.29) is 30.6 Å². The molecule has 0 radical (unpaired) electrons. The number of carbonyl (C=O) groups is 3. The molecular formula is C29H36O10. The number of rotatable bonds is 2. The predicted octanol–water partition coefficient (Wildman–Crippen LogP) is 1.30. The fraction of sp³-hybridized carbons (Fsp3) is 0.759. The van der Waals surface area contributed by atoms with E-state index in [0.29, 0.717) is 24.2 Å². The molecule has 2 aliphatic carbocycles. The molecule has 5 aliphatic heterocycles. The van der Waals surface area contributed by atoms with Crippen molar-refractivity contribution in [3.05, 3.63) is 23.5 Å². The van der Waals surface area contributed by atoms with Crippen molar-refractivity contribution in [2.75, 3.05) is 0 Å². The first-order valence-corrected chi connectivity index (χ1v) is 14.0. The van der Waals surface area contributed by atoms with Gasteiger partial charge in [0.1, 0.15) is 17.5 Å². The Morgan fingerprint density at radius 2 is 1.85 bits per heavy atom. The average molecular weight is 545 g/mol. The van der Waals surface area contributed by atoms with E-state index in [1.165, 1.54) is 0 Å². The van der Waals surface area contributed by atoms with Crippen LogP contribution >= 0.6 is 0 Å². The minimum Gasteiger partial charge on any atom is -0.454 e. The fourth-order valence-electron chi connectivity index (χ4n) is 9.72. The molecule has 2 bridgehead atoms. The van der Waals surface area contributed by atoms with Crippen molar-refractivity contribution in [3.8, 4) is 0 Å². The van der Waals surface area contributed by atoms with Gasteiger partial charge in [-0.25, -0.2) is 9.59 Å². The number of carbonyl (C=O) groups excluding carboxylic acids is 3. The Bertz CT molecular complexity index is 1270. The third kappa shape index (κ3) is 3.02. The van der Waals surface area contributed by atoms with E-state index in [1.54, 1.807) is 13.0 Å². The van der Waals surface area contributed by atoms with E-state index in [1.807, 2.05) is 33.8 Å². The lowest BCUT2D eigenvalue weighted by molar-refractivity contribution is -0.244. The molecule has 0 aromatic rings. The van der Waals surface area contributed by atoms with Crippen LogP contribution in [0.25, 0.3) is 0 Å². The van der Waals surface area contributed by atoms with Crippen LogP contribution in [0.1, 0.15) is 60.3 Å². The lowest BCUT2D eigenvalue weighted by Crippen LogP contribution is -2.52. The zero-order valence-electron chi connectivity index (χ0n) is 22.8. The molecule has 0 unspecified atom stereocenters. The predicted molar refractivity (Wildman–Crippen MR) is 131 cm³/mol. The lowest BCUT2D eigenvalue weighted by Gasteiger charge is -2.40. The third-order valence-electron chi connectivity index (χ3n) is 11.3. The number of aliphatic hydroxyl groups is 3. The number of ketones is 1. The zero-order valence-corrected chi connectivity index (χ0v) is 22.8. The van der Waals surface area contributed by atoms with Gasteiger partial charge in [0.2, 0.25) is 11.6 Å². The summed E-state index contributed by atoms with van der Waals surface area (Å²) in [4.78, 5) is 38.5. The van der Waals surface area contributed by atoms with Crippen molar-refractivity contribution < 1.29 is 48.7 Å². The molecule has 0 aromatic heterocycles. The molecule has 2 spiro atoms. The summed E-state index contributed by atoms with van der Waals surface area (Å²) in [6, 6.07) is 0. The van der Waals surface area contributed by atoms with Gasteiger partial charge in [-0.15, -0.1) is 0 Å². The maximum atomic E-state index is 14.1. The summed E-state index contributed by atoms with van der Waals surface area (Å²) in [5, 5.41) is 34.3. The van der Waals surface area contributed by atoms with Crippen LogP contribution in [0.5, 0.6) is 0 Å². The maximum Gasteiger partial charge on any atom is 0.339 e. The van der Waals surface area contributed by atoms with Gasteiger partial charge in [-0.2, -0.15) is 0 Å². The lowest BCUT2D eigenvalue weighted by atomic mass is 9.69. The summed E-state index contributed by atoms with van der Waals surface area (Å²) >= 11 is 0. The van der Waals surface area contributed by atoms with Crippen molar-refractivity contribution in [1.82, 2.24) is 0 Å². The van der Waals surface area contributed by atoms with Gasteiger partial charge in [0.15, 0.2) is 6.10 Å². The second-order valence-electron chi connectivity index (χ2n) is 13.9. The number of fused-ring (bicyclic) bond motifs is 3. The quantitative estimate of drug-likeness (QED) is 0.434. The van der Waals surface area contributed by atoms with Crippen LogP contribution in [0.15, 0.2) is 23.5 Å². The highest BCUT2D eigenvalue weighted by Gasteiger charge is 2.83. The molecule has 7 aliphatic rings. The molecule has 12 atom stereocenters. The summed E-state index contributed by atoms with van der Waals surface area (Å²) in [5.74, 6) is -5.63. The molecule has 212 valence electrons. The maximum absolute atomic E-state index is 14.1. The highest BCUT2D eigenvalue weighted by Crippen LogP contribution is 2.75. The number of aliphatic hydroxyl groups excluding tert-OH is 2. The Morgan fingerprint density at radius 3 is 2.51 bits per heavy atom. The van der Waals surface area contributed by atoms with Gasteiger partial charge in [-0.3, -0.25) is 4.79 Å². The minimum atomic E-state index is -2.12. The number of esters is 2. The largest absolute Gasteiger partial charge is 0.454 e. The van der Waals surface area contributed by atoms with Crippen molar-refractivity contribution in [2.24, 2.45) is 35.0 Å². The molecular weight excluding hydrogens is 508 g/mol. The molecule has 10 heteroatoms. The van der Waals surface area contributed by atoms with E-state index in [4.69, 9.17) is 18.9 Å². The first kappa shape index (κ1) is 25.8. The van der Waals surface area contributed by atoms with Crippen LogP contribution < -0.4 is 0 Å². The topological polar surface area (TPSA) is 149 Å². The minimum absolute atomic E-state index is 0.0461. The highest BCUT2D eigenvalue weighted by atomic mass is 16.7. The standard InChI is InChI=1S/C29H36O10/c1-12(8-14-9-13(2)23(33)36-14)17-20-26(17,5)6-7-27-11-28-16(10-15(30)18(27)21(32)29(20,35)39-27)25(3,4)37-22(28)19(31)24(34)38-28/h8-9,12,15-20,22,30-31,35H,6-7,10-11H2,1-5H3/t12-,15+,16+,17-,18+,19-,20+,22-,26-,27+,28-,29+/m1/s1. The monoisotopic (exact) mass is 544 g/mol. The van der Waals surface area contributed by atoms with E-state index < -0.39 is 75.8 Å². The first-order chi connectivity index (χ1) is 18.1. The Hall–Kier alpha value is -2.11. The SMILES string of the molecule is CC1=CC(=C[C@@H](C)[C@@H]2[C@H]3[C@]2(C)CC[C@]24C[C@]56OC(=O)[C@H](O)[C@H]5OC(C)(C)[C@@H]6C[C@H](O)[C@H]2C(=O)[C@@]3(O)O4)OC1=O. The summed E-state index contributed by atoms with van der Waals surface area (Å²) in [6.07, 6.45) is 1.06. The number of allylic oxidation sites excluding steroid dienone is 2. The molecule has 39 heavy (non-hydrogen) atoms. The Labute approximate surface area is 226 Å². The van der Waals surface area contributed by atoms with Crippen LogP contribution in [0, 0.1) is 35.0 Å². The Morgan fingerprint density at radius 1 is 1.13 bits per heavy atom. The summed E-state index contributed by atoms with van der Waals surface area (Å²) in [7, 11) is 0. The molecule has 2 saturated carbocycles. The highest BCUT2D eigenvalue weighted by molar-refractivity contribution is 5.93. The van der Waals surface area contributed by atoms with Crippen molar-refractivity contribution in [3.63, 3.8) is 0 Å². The number of hydrogen-bond acceptors (Lipinski definition) is 10. The van der Waals surface area contributed by atoms with E-state index >= 15 is 0 Å². The summed E-state index contributed by atoms with van der Waals surface area (Å²) in [6.45, 7) is 9.38. The van der Waals surface area contributed by atoms with E-state index in [2.05, 4.69) is 0 Å². The van der Waals surface area contributed by atoms with Crippen LogP contribution in [0.4, 0.5) is 0 Å². The second-order valence-corrected chi connectivity index (χ2v) is 13.9. The summed E-state index contributed by atoms with van der Waals surface area (Å²) in [5.41, 5.74) is -3.32. The van der Waals surface area contributed by atoms with Gasteiger partial charge in [0.25, 0.3) is 0 Å². The normalized spacial score (nSPS) is 54.6. The van der Waals surface area contributed by atoms with Gasteiger partial charge >= 0.3 is 11.9 Å². The molecule has 3 N–H and O–H groups in total. The Kier molecular flexibility index (Phi) is 4.89. The molecule has 6 fully saturated rings. The number of cyclic esters (lactones) is 1. The summed E-state index contributed by atoms with van der Waals surface area (Å²) < 4.78 is 23.9. The molecule has 0 aromatic carbocycles. The number of ether oxygens (including phenoxy) is 4. The van der Waals surface area contributed by atoms with Crippen LogP contribution in [-0.4, -0.2) is 73.9 Å². The number of Topliss-reactive ketones (excluding diaryl/α,β-unsaturated/α-hetero) is 1. The van der Waals surface area contributed by atoms with E-state index in [0.717, 1.165) is 0 Å². The smallest absolute Gasteiger partial charge is 0.339 e. The Balaban J connectivity index is 1.26. The first-order valence-electron chi connectivity index (χ1n) is 14.0. The van der Waals surface area contributed by atoms with Gasteiger partial charge in [0, 0.05) is 23.8 Å². The fourth-order valence-corrected chi connectivity index (χ4v) is 9.72. The number of hydrogen-bond donors (Lipinski definition) is 3. The second kappa shape index (κ2) is 7.39. The van der Waals surface area contributed by atoms with Crippen molar-refractivity contribution in [1.29, 1.82) is 0 Å². The van der Waals surface area contributed by atoms with Gasteiger partial charge in [-0.05, 0) is 69.4 Å². The van der Waals surface area contributed by atoms with Gasteiger partial charge in [-0.1, -0.05) is 13.8 Å². The van der Waals surface area contributed by atoms with Gasteiger partial charge in [0.05, 0.1) is 23.2 Å². The van der Waals surface area contributed by atoms with Crippen molar-refractivity contribution in [2.45, 2.75) is 101 Å². The average Bonchev–Trinajstić information content (AvgIpc) is 3.11. The van der Waals surface area contributed by atoms with Crippen molar-refractivity contribution >= 4 is 17.7 Å². The van der Waals surface area contributed by atoms with E-state index in [9.17, 15) is 29.7 Å².